The Morgan fingerprint density at radius 2 is 2.00 bits per heavy atom. The Morgan fingerprint density at radius 3 is 2.71 bits per heavy atom. The molecule has 0 aliphatic carbocycles. The lowest BCUT2D eigenvalue weighted by atomic mass is 10.0. The molecule has 9 heteroatoms. The molecule has 3 N–H and O–H groups in total. The van der Waals surface area contributed by atoms with E-state index in [1.54, 1.807) is 11.3 Å². The summed E-state index contributed by atoms with van der Waals surface area (Å²) in [6.07, 6.45) is 1.03. The first-order chi connectivity index (χ1) is 15.1. The highest BCUT2D eigenvalue weighted by Gasteiger charge is 2.15. The number of carbonyl (C=O) groups excluding carboxylic acids is 2. The molecule has 3 rings (SSSR count). The van der Waals surface area contributed by atoms with Crippen molar-refractivity contribution in [3.05, 3.63) is 35.2 Å². The maximum atomic E-state index is 12.4. The third kappa shape index (κ3) is 6.77. The van der Waals surface area contributed by atoms with Gasteiger partial charge >= 0.3 is 0 Å². The molecule has 1 aromatic heterocycles. The monoisotopic (exact) mass is 440 g/mol. The van der Waals surface area contributed by atoms with Crippen LogP contribution in [0.1, 0.15) is 30.1 Å². The Balaban J connectivity index is 1.46. The van der Waals surface area contributed by atoms with E-state index in [4.69, 9.17) is 10.2 Å². The Morgan fingerprint density at radius 1 is 1.26 bits per heavy atom. The van der Waals surface area contributed by atoms with E-state index in [1.165, 1.54) is 0 Å². The molecule has 1 atom stereocenters. The first-order valence-electron chi connectivity index (χ1n) is 10.5. The van der Waals surface area contributed by atoms with Gasteiger partial charge in [-0.25, -0.2) is 4.98 Å². The minimum Gasteiger partial charge on any atom is -0.352 e. The fourth-order valence-corrected chi connectivity index (χ4v) is 4.24. The predicted octanol–water partition coefficient (Wildman–Crippen LogP) is 2.01. The van der Waals surface area contributed by atoms with E-state index in [2.05, 4.69) is 26.2 Å². The molecule has 0 spiro atoms. The van der Waals surface area contributed by atoms with Crippen molar-refractivity contribution >= 4 is 28.3 Å². The normalized spacial score (nSPS) is 14.5. The Kier molecular flexibility index (Phi) is 8.38. The summed E-state index contributed by atoms with van der Waals surface area (Å²) >= 11 is 1.65. The molecule has 2 aromatic rings. The molecule has 1 aromatic carbocycles. The molecule has 0 saturated carbocycles. The van der Waals surface area contributed by atoms with Crippen LogP contribution >= 0.6 is 11.3 Å². The summed E-state index contributed by atoms with van der Waals surface area (Å²) in [5.41, 5.74) is 2.51. The molecule has 8 nitrogen and oxygen atoms in total. The van der Waals surface area contributed by atoms with Gasteiger partial charge in [0.05, 0.1) is 11.8 Å². The van der Waals surface area contributed by atoms with Crippen LogP contribution in [0.2, 0.25) is 0 Å². The number of nitriles is 1. The van der Waals surface area contributed by atoms with Crippen molar-refractivity contribution in [1.82, 2.24) is 20.9 Å². The van der Waals surface area contributed by atoms with Crippen LogP contribution in [0.15, 0.2) is 29.6 Å². The predicted molar refractivity (Wildman–Crippen MR) is 122 cm³/mol. The Hall–Kier alpha value is -2.96. The molecule has 0 radical (unpaired) electrons. The fourth-order valence-electron chi connectivity index (χ4n) is 3.35. The first kappa shape index (κ1) is 22.7. The molecular formula is C22H28N6O2S. The van der Waals surface area contributed by atoms with E-state index >= 15 is 0 Å². The molecule has 2 heterocycles. The summed E-state index contributed by atoms with van der Waals surface area (Å²) in [4.78, 5) is 31.1. The number of carbonyl (C=O) groups is 2. The van der Waals surface area contributed by atoms with Crippen molar-refractivity contribution in [3.8, 4) is 17.3 Å². The molecule has 1 unspecified atom stereocenters. The summed E-state index contributed by atoms with van der Waals surface area (Å²) in [7, 11) is 0. The third-order valence-electron chi connectivity index (χ3n) is 5.14. The van der Waals surface area contributed by atoms with Gasteiger partial charge in [-0.15, -0.1) is 11.3 Å². The lowest BCUT2D eigenvalue weighted by molar-refractivity contribution is -0.121. The molecule has 1 fully saturated rings. The second-order valence-corrected chi connectivity index (χ2v) is 8.45. The fraction of sp³-hybridized carbons (Fsp3) is 0.455. The average molecular weight is 441 g/mol. The van der Waals surface area contributed by atoms with Crippen LogP contribution in [-0.2, 0) is 4.79 Å². The number of thiazole rings is 1. The van der Waals surface area contributed by atoms with Crippen LogP contribution in [0.25, 0.3) is 11.3 Å². The van der Waals surface area contributed by atoms with Gasteiger partial charge in [-0.05, 0) is 24.5 Å². The van der Waals surface area contributed by atoms with Crippen molar-refractivity contribution in [2.24, 2.45) is 5.92 Å². The van der Waals surface area contributed by atoms with Crippen LogP contribution < -0.4 is 20.9 Å². The molecule has 1 aliphatic rings. The number of rotatable bonds is 9. The first-order valence-corrected chi connectivity index (χ1v) is 11.4. The maximum absolute atomic E-state index is 12.4. The van der Waals surface area contributed by atoms with E-state index in [0.717, 1.165) is 42.6 Å². The van der Waals surface area contributed by atoms with Gasteiger partial charge in [-0.1, -0.05) is 19.1 Å². The van der Waals surface area contributed by atoms with Gasteiger partial charge in [0.25, 0.3) is 5.91 Å². The lowest BCUT2D eigenvalue weighted by Gasteiger charge is -2.26. The van der Waals surface area contributed by atoms with Crippen molar-refractivity contribution in [1.29, 1.82) is 5.26 Å². The number of aromatic nitrogens is 1. The molecule has 31 heavy (non-hydrogen) atoms. The lowest BCUT2D eigenvalue weighted by Crippen LogP contribution is -2.43. The van der Waals surface area contributed by atoms with Crippen molar-refractivity contribution < 1.29 is 9.59 Å². The summed E-state index contributed by atoms with van der Waals surface area (Å²) in [6, 6.07) is 9.36. The Bertz CT molecular complexity index is 915. The number of hydrogen-bond acceptors (Lipinski definition) is 7. The van der Waals surface area contributed by atoms with E-state index in [1.807, 2.05) is 37.3 Å². The highest BCUT2D eigenvalue weighted by Crippen LogP contribution is 2.27. The van der Waals surface area contributed by atoms with Crippen molar-refractivity contribution in [3.63, 3.8) is 0 Å². The number of nitrogens with zero attached hydrogens (tertiary/aromatic N) is 3. The summed E-state index contributed by atoms with van der Waals surface area (Å²) in [5.74, 6) is -0.151. The number of anilines is 1. The van der Waals surface area contributed by atoms with Crippen LogP contribution in [-0.4, -0.2) is 56.1 Å². The summed E-state index contributed by atoms with van der Waals surface area (Å²) in [5, 5.41) is 20.3. The van der Waals surface area contributed by atoms with Gasteiger partial charge in [-0.3, -0.25) is 9.59 Å². The molecule has 1 aliphatic heterocycles. The number of amides is 2. The van der Waals surface area contributed by atoms with Gasteiger partial charge in [0.15, 0.2) is 5.13 Å². The highest BCUT2D eigenvalue weighted by molar-refractivity contribution is 7.14. The van der Waals surface area contributed by atoms with Crippen LogP contribution in [0.3, 0.4) is 0 Å². The van der Waals surface area contributed by atoms with E-state index in [0.29, 0.717) is 24.9 Å². The minimum atomic E-state index is -0.141. The molecule has 0 bridgehead atoms. The highest BCUT2D eigenvalue weighted by atomic mass is 32.1. The zero-order valence-electron chi connectivity index (χ0n) is 17.7. The topological polar surface area (TPSA) is 110 Å². The van der Waals surface area contributed by atoms with Gasteiger partial charge in [0.1, 0.15) is 6.54 Å². The van der Waals surface area contributed by atoms with Crippen LogP contribution in [0.5, 0.6) is 0 Å². The van der Waals surface area contributed by atoms with E-state index < -0.39 is 0 Å². The molecule has 1 saturated heterocycles. The third-order valence-corrected chi connectivity index (χ3v) is 6.05. The minimum absolute atomic E-state index is 0.0240. The summed E-state index contributed by atoms with van der Waals surface area (Å²) < 4.78 is 0. The second kappa shape index (κ2) is 11.4. The van der Waals surface area contributed by atoms with Gasteiger partial charge in [0, 0.05) is 55.7 Å². The average Bonchev–Trinajstić information content (AvgIpc) is 3.28. The van der Waals surface area contributed by atoms with Gasteiger partial charge in [-0.2, -0.15) is 5.26 Å². The molecule has 2 amide bonds. The van der Waals surface area contributed by atoms with E-state index in [-0.39, 0.29) is 24.3 Å². The zero-order valence-corrected chi connectivity index (χ0v) is 18.5. The summed E-state index contributed by atoms with van der Waals surface area (Å²) in [6.45, 7) is 6.36. The molecule has 164 valence electrons. The van der Waals surface area contributed by atoms with E-state index in [9.17, 15) is 9.59 Å². The standard InChI is InChI=1S/C22H28N6O2S/c1-16(14-20(29)25-9-7-23)6-8-26-21(30)18-4-2-17(3-5-18)19-15-31-22(27-19)28-12-10-24-11-13-28/h2-5,15-16,24H,6,8-14H2,1H3,(H,25,29)(H,26,30). The quantitative estimate of drug-likeness (QED) is 0.515. The van der Waals surface area contributed by atoms with Crippen molar-refractivity contribution in [2.45, 2.75) is 19.8 Å². The Labute approximate surface area is 186 Å². The number of benzene rings is 1. The number of piperazine rings is 1. The largest absolute Gasteiger partial charge is 0.352 e. The number of hydrogen-bond donors (Lipinski definition) is 3. The van der Waals surface area contributed by atoms with Gasteiger partial charge < -0.3 is 20.9 Å². The smallest absolute Gasteiger partial charge is 0.251 e. The van der Waals surface area contributed by atoms with Crippen LogP contribution in [0, 0.1) is 17.2 Å². The number of nitrogens with one attached hydrogen (secondary N) is 3. The van der Waals surface area contributed by atoms with Crippen LogP contribution in [0.4, 0.5) is 5.13 Å². The SMILES string of the molecule is CC(CCNC(=O)c1ccc(-c2csc(N3CCNCC3)n2)cc1)CC(=O)NCC#N. The maximum Gasteiger partial charge on any atom is 0.251 e. The van der Waals surface area contributed by atoms with Gasteiger partial charge in [0.2, 0.25) is 5.91 Å². The zero-order chi connectivity index (χ0) is 22.1. The second-order valence-electron chi connectivity index (χ2n) is 7.62. The van der Waals surface area contributed by atoms with Crippen molar-refractivity contribution in [2.75, 3.05) is 44.2 Å². The molecular weight excluding hydrogens is 412 g/mol.